The number of hydrogen-bond acceptors (Lipinski definition) is 3. The van der Waals surface area contributed by atoms with Gasteiger partial charge in [-0.15, -0.1) is 0 Å². The zero-order valence-electron chi connectivity index (χ0n) is 19.6. The minimum Gasteiger partial charge on any atom is -0.378 e. The summed E-state index contributed by atoms with van der Waals surface area (Å²) in [6.07, 6.45) is 1.29. The van der Waals surface area contributed by atoms with Crippen molar-refractivity contribution in [1.82, 2.24) is 4.57 Å². The lowest BCUT2D eigenvalue weighted by Crippen LogP contribution is -2.08. The second kappa shape index (κ2) is 8.14. The average Bonchev–Trinajstić information content (AvgIpc) is 3.03. The number of sulfone groups is 1. The van der Waals surface area contributed by atoms with Crippen molar-refractivity contribution in [3.8, 4) is 22.3 Å². The molecule has 32 heavy (non-hydrogen) atoms. The Morgan fingerprint density at radius 2 is 1.50 bits per heavy atom. The zero-order valence-corrected chi connectivity index (χ0v) is 20.4. The molecule has 0 fully saturated rings. The molecule has 0 aliphatic carbocycles. The van der Waals surface area contributed by atoms with Gasteiger partial charge in [0.1, 0.15) is 0 Å². The predicted molar refractivity (Wildman–Crippen MR) is 135 cm³/mol. The van der Waals surface area contributed by atoms with Gasteiger partial charge in [-0.05, 0) is 61.7 Å². The molecule has 0 spiro atoms. The molecule has 1 heterocycles. The lowest BCUT2D eigenvalue weighted by atomic mass is 9.89. The number of aromatic nitrogens is 1. The summed E-state index contributed by atoms with van der Waals surface area (Å²) in [6.45, 7) is 7.19. The van der Waals surface area contributed by atoms with Crippen LogP contribution in [-0.2, 0) is 16.4 Å². The predicted octanol–water partition coefficient (Wildman–Crippen LogP) is 6.08. The minimum atomic E-state index is -3.44. The van der Waals surface area contributed by atoms with Gasteiger partial charge in [-0.3, -0.25) is 0 Å². The van der Waals surface area contributed by atoms with E-state index in [0.717, 1.165) is 51.1 Å². The molecule has 0 saturated carbocycles. The van der Waals surface area contributed by atoms with E-state index in [2.05, 4.69) is 43.5 Å². The van der Waals surface area contributed by atoms with Crippen LogP contribution in [0.5, 0.6) is 0 Å². The van der Waals surface area contributed by atoms with E-state index in [1.54, 1.807) is 6.07 Å². The molecule has 0 bridgehead atoms. The number of nitrogens with zero attached hydrogens (tertiary/aromatic N) is 2. The largest absolute Gasteiger partial charge is 0.378 e. The van der Waals surface area contributed by atoms with Crippen molar-refractivity contribution in [2.24, 2.45) is 0 Å². The lowest BCUT2D eigenvalue weighted by Gasteiger charge is -2.19. The van der Waals surface area contributed by atoms with Crippen LogP contribution in [0.2, 0.25) is 0 Å². The van der Waals surface area contributed by atoms with Crippen LogP contribution in [0.4, 0.5) is 5.69 Å². The van der Waals surface area contributed by atoms with Crippen molar-refractivity contribution >= 4 is 26.4 Å². The standard InChI is InChI=1S/C27H30N2O2S/c1-7-29-19(3)26(22-10-8-9-11-23(22)29)25-18(2)12-17-24(32(6,30)31)27(25)20-13-15-21(16-14-20)28(4)5/h8-17H,7H2,1-6H3. The van der Waals surface area contributed by atoms with Gasteiger partial charge in [-0.2, -0.15) is 0 Å². The Morgan fingerprint density at radius 3 is 2.09 bits per heavy atom. The Labute approximate surface area is 191 Å². The van der Waals surface area contributed by atoms with E-state index in [0.29, 0.717) is 4.90 Å². The molecule has 4 rings (SSSR count). The summed E-state index contributed by atoms with van der Waals surface area (Å²) >= 11 is 0. The maximum absolute atomic E-state index is 12.9. The summed E-state index contributed by atoms with van der Waals surface area (Å²) in [5.74, 6) is 0. The Bertz CT molecular complexity index is 1410. The second-order valence-electron chi connectivity index (χ2n) is 8.57. The fraction of sp³-hybridized carbons (Fsp3) is 0.259. The van der Waals surface area contributed by atoms with Gasteiger partial charge in [0.25, 0.3) is 0 Å². The van der Waals surface area contributed by atoms with Crippen LogP contribution in [0.1, 0.15) is 18.2 Å². The highest BCUT2D eigenvalue weighted by Gasteiger charge is 2.25. The third-order valence-corrected chi connectivity index (χ3v) is 7.38. The van der Waals surface area contributed by atoms with Gasteiger partial charge in [0.15, 0.2) is 9.84 Å². The smallest absolute Gasteiger partial charge is 0.176 e. The Morgan fingerprint density at radius 1 is 0.844 bits per heavy atom. The van der Waals surface area contributed by atoms with E-state index in [9.17, 15) is 8.42 Å². The molecule has 4 aromatic rings. The molecule has 1 aromatic heterocycles. The van der Waals surface area contributed by atoms with Gasteiger partial charge in [-0.25, -0.2) is 8.42 Å². The number of aryl methyl sites for hydroxylation is 2. The summed E-state index contributed by atoms with van der Waals surface area (Å²) < 4.78 is 28.1. The topological polar surface area (TPSA) is 42.3 Å². The normalized spacial score (nSPS) is 11.8. The van der Waals surface area contributed by atoms with E-state index >= 15 is 0 Å². The molecular weight excluding hydrogens is 416 g/mol. The van der Waals surface area contributed by atoms with Crippen LogP contribution in [0.3, 0.4) is 0 Å². The third kappa shape index (κ3) is 3.61. The quantitative estimate of drug-likeness (QED) is 0.373. The third-order valence-electron chi connectivity index (χ3n) is 6.24. The van der Waals surface area contributed by atoms with Gasteiger partial charge in [0.2, 0.25) is 0 Å². The molecule has 0 N–H and O–H groups in total. The first-order chi connectivity index (χ1) is 15.1. The molecule has 0 aliphatic heterocycles. The molecule has 0 amide bonds. The van der Waals surface area contributed by atoms with Gasteiger partial charge < -0.3 is 9.47 Å². The molecule has 4 nitrogen and oxygen atoms in total. The molecule has 3 aromatic carbocycles. The Hall–Kier alpha value is -3.05. The Kier molecular flexibility index (Phi) is 5.63. The van der Waals surface area contributed by atoms with Gasteiger partial charge in [-0.1, -0.05) is 36.4 Å². The van der Waals surface area contributed by atoms with Gasteiger partial charge in [0, 0.05) is 60.3 Å². The van der Waals surface area contributed by atoms with E-state index in [-0.39, 0.29) is 0 Å². The monoisotopic (exact) mass is 446 g/mol. The molecular formula is C27H30N2O2S. The average molecular weight is 447 g/mol. The van der Waals surface area contributed by atoms with Crippen LogP contribution in [0, 0.1) is 13.8 Å². The summed E-state index contributed by atoms with van der Waals surface area (Å²) in [7, 11) is 0.559. The number of hydrogen-bond donors (Lipinski definition) is 0. The number of benzene rings is 3. The molecule has 0 aliphatic rings. The van der Waals surface area contributed by atoms with E-state index in [1.807, 2.05) is 55.4 Å². The Balaban J connectivity index is 2.16. The van der Waals surface area contributed by atoms with Crippen LogP contribution < -0.4 is 4.90 Å². The maximum Gasteiger partial charge on any atom is 0.176 e. The van der Waals surface area contributed by atoms with Gasteiger partial charge >= 0.3 is 0 Å². The van der Waals surface area contributed by atoms with Crippen molar-refractivity contribution < 1.29 is 8.42 Å². The highest BCUT2D eigenvalue weighted by atomic mass is 32.2. The first-order valence-electron chi connectivity index (χ1n) is 10.8. The van der Waals surface area contributed by atoms with Crippen molar-refractivity contribution in [3.05, 3.63) is 71.9 Å². The second-order valence-corrected chi connectivity index (χ2v) is 10.6. The molecule has 5 heteroatoms. The first kappa shape index (κ1) is 22.2. The van der Waals surface area contributed by atoms with E-state index in [1.165, 1.54) is 11.8 Å². The molecule has 166 valence electrons. The van der Waals surface area contributed by atoms with Crippen molar-refractivity contribution in [1.29, 1.82) is 0 Å². The highest BCUT2D eigenvalue weighted by Crippen LogP contribution is 2.44. The fourth-order valence-electron chi connectivity index (χ4n) is 4.69. The van der Waals surface area contributed by atoms with Gasteiger partial charge in [0.05, 0.1) is 4.90 Å². The summed E-state index contributed by atoms with van der Waals surface area (Å²) in [6, 6.07) is 20.2. The molecule has 0 atom stereocenters. The van der Waals surface area contributed by atoms with Crippen molar-refractivity contribution in [3.63, 3.8) is 0 Å². The minimum absolute atomic E-state index is 0.364. The summed E-state index contributed by atoms with van der Waals surface area (Å²) in [5.41, 5.74) is 8.23. The molecule has 0 saturated heterocycles. The molecule has 0 unspecified atom stereocenters. The van der Waals surface area contributed by atoms with Crippen LogP contribution in [-0.4, -0.2) is 33.3 Å². The van der Waals surface area contributed by atoms with Crippen LogP contribution in [0.25, 0.3) is 33.2 Å². The van der Waals surface area contributed by atoms with Crippen molar-refractivity contribution in [2.45, 2.75) is 32.2 Å². The number of anilines is 1. The fourth-order valence-corrected chi connectivity index (χ4v) is 5.59. The van der Waals surface area contributed by atoms with E-state index in [4.69, 9.17) is 0 Å². The lowest BCUT2D eigenvalue weighted by molar-refractivity contribution is 0.602. The number of para-hydroxylation sites is 1. The van der Waals surface area contributed by atoms with Crippen molar-refractivity contribution in [2.75, 3.05) is 25.3 Å². The number of fused-ring (bicyclic) bond motifs is 1. The first-order valence-corrected chi connectivity index (χ1v) is 12.7. The zero-order chi connectivity index (χ0) is 23.2. The maximum atomic E-state index is 12.9. The number of rotatable bonds is 5. The summed E-state index contributed by atoms with van der Waals surface area (Å²) in [5, 5.41) is 1.15. The van der Waals surface area contributed by atoms with Crippen LogP contribution in [0.15, 0.2) is 65.6 Å². The summed E-state index contributed by atoms with van der Waals surface area (Å²) in [4.78, 5) is 2.40. The SMILES string of the molecule is CCn1c(C)c(-c2c(C)ccc(S(C)(=O)=O)c2-c2ccc(N(C)C)cc2)c2ccccc21. The highest BCUT2D eigenvalue weighted by molar-refractivity contribution is 7.90. The van der Waals surface area contributed by atoms with Crippen LogP contribution >= 0.6 is 0 Å². The van der Waals surface area contributed by atoms with E-state index < -0.39 is 9.84 Å². The molecule has 0 radical (unpaired) electrons.